The normalized spacial score (nSPS) is 17.8. The Morgan fingerprint density at radius 2 is 1.64 bits per heavy atom. The molecule has 2 heterocycles. The van der Waals surface area contributed by atoms with E-state index < -0.39 is 11.2 Å². The van der Waals surface area contributed by atoms with Crippen LogP contribution < -0.4 is 0 Å². The van der Waals surface area contributed by atoms with Gasteiger partial charge in [0.15, 0.2) is 0 Å². The number of piperazine rings is 1. The molecular formula is C33H63N5O6. The van der Waals surface area contributed by atoms with Crippen LogP contribution in [0.5, 0.6) is 0 Å². The standard InChI is InChI=1S/C33H63N5O6/c1-11-29(40)21-32(7,8)44-26-33(9,10)43-20-17-38-22-27(34-35-38)25-41-18-14-31(5,6)42-19-13-30(3,4)37-16-15-36(12-2)28(23-37)24-39/h22,28,39H,11-21,23-26H2,1-10H3. The van der Waals surface area contributed by atoms with Crippen molar-refractivity contribution in [3.63, 3.8) is 0 Å². The molecule has 1 aromatic rings. The van der Waals surface area contributed by atoms with Crippen LogP contribution in [0.2, 0.25) is 0 Å². The second-order valence-electron chi connectivity index (χ2n) is 14.6. The lowest BCUT2D eigenvalue weighted by atomic mass is 9.95. The van der Waals surface area contributed by atoms with Gasteiger partial charge in [0.1, 0.15) is 11.5 Å². The molecule has 0 radical (unpaired) electrons. The number of ketones is 1. The first-order chi connectivity index (χ1) is 20.5. The van der Waals surface area contributed by atoms with Gasteiger partial charge in [0.05, 0.1) is 56.0 Å². The van der Waals surface area contributed by atoms with Gasteiger partial charge in [-0.25, -0.2) is 4.68 Å². The minimum Gasteiger partial charge on any atom is -0.395 e. The number of aromatic nitrogens is 3. The Morgan fingerprint density at radius 3 is 2.30 bits per heavy atom. The zero-order valence-corrected chi connectivity index (χ0v) is 29.5. The lowest BCUT2D eigenvalue weighted by Crippen LogP contribution is -2.60. The van der Waals surface area contributed by atoms with Gasteiger partial charge >= 0.3 is 0 Å². The Bertz CT molecular complexity index is 980. The predicted octanol–water partition coefficient (Wildman–Crippen LogP) is 4.11. The van der Waals surface area contributed by atoms with E-state index in [1.807, 2.05) is 40.8 Å². The molecule has 1 atom stereocenters. The van der Waals surface area contributed by atoms with Gasteiger partial charge in [-0.3, -0.25) is 14.6 Å². The molecule has 44 heavy (non-hydrogen) atoms. The summed E-state index contributed by atoms with van der Waals surface area (Å²) >= 11 is 0. The topological polar surface area (TPSA) is 111 Å². The van der Waals surface area contributed by atoms with Crippen molar-refractivity contribution in [1.29, 1.82) is 0 Å². The molecule has 1 fully saturated rings. The van der Waals surface area contributed by atoms with Crippen LogP contribution in [0.15, 0.2) is 6.20 Å². The van der Waals surface area contributed by atoms with Crippen molar-refractivity contribution >= 4 is 5.78 Å². The first-order valence-electron chi connectivity index (χ1n) is 16.5. The molecule has 0 spiro atoms. The average Bonchev–Trinajstić information content (AvgIpc) is 3.40. The Morgan fingerprint density at radius 1 is 0.932 bits per heavy atom. The number of carbonyl (C=O) groups excluding carboxylic acids is 1. The molecule has 0 amide bonds. The molecule has 11 heteroatoms. The van der Waals surface area contributed by atoms with Gasteiger partial charge in [-0.1, -0.05) is 19.1 Å². The molecule has 2 rings (SSSR count). The molecular weight excluding hydrogens is 562 g/mol. The zero-order valence-electron chi connectivity index (χ0n) is 29.5. The smallest absolute Gasteiger partial charge is 0.135 e. The molecule has 1 saturated heterocycles. The zero-order chi connectivity index (χ0) is 33.0. The number of carbonyl (C=O) groups is 1. The third-order valence-electron chi connectivity index (χ3n) is 8.61. The fourth-order valence-corrected chi connectivity index (χ4v) is 5.33. The second kappa shape index (κ2) is 17.4. The number of hydrogen-bond donors (Lipinski definition) is 1. The van der Waals surface area contributed by atoms with Crippen LogP contribution in [0.3, 0.4) is 0 Å². The number of hydrogen-bond acceptors (Lipinski definition) is 10. The van der Waals surface area contributed by atoms with Crippen molar-refractivity contribution in [2.75, 3.05) is 59.2 Å². The van der Waals surface area contributed by atoms with Crippen molar-refractivity contribution < 1.29 is 28.8 Å². The molecule has 0 bridgehead atoms. The fraction of sp³-hybridized carbons (Fsp3) is 0.909. The molecule has 1 aliphatic heterocycles. The van der Waals surface area contributed by atoms with Gasteiger partial charge < -0.3 is 24.1 Å². The maximum atomic E-state index is 11.8. The maximum absolute atomic E-state index is 11.8. The van der Waals surface area contributed by atoms with Gasteiger partial charge in [0, 0.05) is 57.3 Å². The SMILES string of the molecule is CCC(=O)CC(C)(C)OCC(C)(C)OCCn1cc(COCCC(C)(C)OCCC(C)(C)N2CCN(CC)C(CO)C2)nn1. The number of nitrogens with zero attached hydrogens (tertiary/aromatic N) is 5. The third-order valence-corrected chi connectivity index (χ3v) is 8.61. The van der Waals surface area contributed by atoms with Gasteiger partial charge in [-0.2, -0.15) is 0 Å². The largest absolute Gasteiger partial charge is 0.395 e. The molecule has 0 saturated carbocycles. The van der Waals surface area contributed by atoms with Crippen molar-refractivity contribution in [3.05, 3.63) is 11.9 Å². The van der Waals surface area contributed by atoms with Crippen LogP contribution in [0.25, 0.3) is 0 Å². The average molecular weight is 626 g/mol. The van der Waals surface area contributed by atoms with Gasteiger partial charge in [0.25, 0.3) is 0 Å². The van der Waals surface area contributed by atoms with Crippen molar-refractivity contribution in [3.8, 4) is 0 Å². The Hall–Kier alpha value is -1.47. The van der Waals surface area contributed by atoms with E-state index in [4.69, 9.17) is 18.9 Å². The van der Waals surface area contributed by atoms with Crippen LogP contribution in [0.4, 0.5) is 0 Å². The monoisotopic (exact) mass is 625 g/mol. The molecule has 1 aliphatic rings. The summed E-state index contributed by atoms with van der Waals surface area (Å²) in [6.07, 6.45) is 4.51. The second-order valence-corrected chi connectivity index (χ2v) is 14.6. The van der Waals surface area contributed by atoms with Crippen molar-refractivity contribution in [2.45, 2.75) is 136 Å². The Balaban J connectivity index is 1.65. The summed E-state index contributed by atoms with van der Waals surface area (Å²) in [4.78, 5) is 16.7. The molecule has 0 aromatic carbocycles. The molecule has 256 valence electrons. The third kappa shape index (κ3) is 13.9. The van der Waals surface area contributed by atoms with E-state index in [1.165, 1.54) is 0 Å². The highest BCUT2D eigenvalue weighted by Crippen LogP contribution is 2.25. The summed E-state index contributed by atoms with van der Waals surface area (Å²) in [6, 6.07) is 0.206. The van der Waals surface area contributed by atoms with Crippen LogP contribution in [-0.4, -0.2) is 123 Å². The molecule has 1 aromatic heterocycles. The quantitative estimate of drug-likeness (QED) is 0.189. The van der Waals surface area contributed by atoms with Gasteiger partial charge in [-0.05, 0) is 74.8 Å². The molecule has 0 aliphatic carbocycles. The van der Waals surface area contributed by atoms with E-state index in [9.17, 15) is 9.90 Å². The highest BCUT2D eigenvalue weighted by molar-refractivity contribution is 5.78. The summed E-state index contributed by atoms with van der Waals surface area (Å²) in [5, 5.41) is 18.3. The highest BCUT2D eigenvalue weighted by atomic mass is 16.6. The summed E-state index contributed by atoms with van der Waals surface area (Å²) in [7, 11) is 0. The number of aliphatic hydroxyl groups excluding tert-OH is 1. The van der Waals surface area contributed by atoms with E-state index >= 15 is 0 Å². The number of rotatable bonds is 22. The number of likely N-dealkylation sites (N-methyl/N-ethyl adjacent to an activating group) is 1. The number of Topliss-reactive ketones (excluding diaryl/α,β-unsaturated/α-hetero) is 1. The van der Waals surface area contributed by atoms with Crippen LogP contribution in [0, 0.1) is 0 Å². The molecule has 1 unspecified atom stereocenters. The summed E-state index contributed by atoms with van der Waals surface area (Å²) in [5.41, 5.74) is -0.511. The van der Waals surface area contributed by atoms with Crippen LogP contribution in [-0.2, 0) is 36.9 Å². The van der Waals surface area contributed by atoms with E-state index in [0.29, 0.717) is 52.4 Å². The molecule has 1 N–H and O–H groups in total. The Kier molecular flexibility index (Phi) is 15.4. The summed E-state index contributed by atoms with van der Waals surface area (Å²) < 4.78 is 26.0. The Labute approximate surface area is 266 Å². The first-order valence-corrected chi connectivity index (χ1v) is 16.5. The highest BCUT2D eigenvalue weighted by Gasteiger charge is 2.34. The van der Waals surface area contributed by atoms with E-state index in [1.54, 1.807) is 4.68 Å². The minimum atomic E-state index is -0.511. The van der Waals surface area contributed by atoms with Crippen LogP contribution >= 0.6 is 0 Å². The molecule has 11 nitrogen and oxygen atoms in total. The van der Waals surface area contributed by atoms with Gasteiger partial charge in [0.2, 0.25) is 0 Å². The van der Waals surface area contributed by atoms with Gasteiger partial charge in [-0.15, -0.1) is 5.10 Å². The van der Waals surface area contributed by atoms with Crippen molar-refractivity contribution in [1.82, 2.24) is 24.8 Å². The summed E-state index contributed by atoms with van der Waals surface area (Å²) in [6.45, 7) is 27.8. The van der Waals surface area contributed by atoms with Crippen molar-refractivity contribution in [2.24, 2.45) is 0 Å². The predicted molar refractivity (Wildman–Crippen MR) is 173 cm³/mol. The number of ether oxygens (including phenoxy) is 4. The summed E-state index contributed by atoms with van der Waals surface area (Å²) in [5.74, 6) is 0.196. The van der Waals surface area contributed by atoms with E-state index in [2.05, 4.69) is 54.7 Å². The fourth-order valence-electron chi connectivity index (χ4n) is 5.33. The van der Waals surface area contributed by atoms with E-state index in [0.717, 1.165) is 44.7 Å². The lowest BCUT2D eigenvalue weighted by molar-refractivity contribution is -0.138. The first kappa shape index (κ1) is 38.7. The van der Waals surface area contributed by atoms with E-state index in [-0.39, 0.29) is 29.6 Å². The van der Waals surface area contributed by atoms with Crippen LogP contribution in [0.1, 0.15) is 101 Å². The number of aliphatic hydroxyl groups is 1. The maximum Gasteiger partial charge on any atom is 0.135 e. The lowest BCUT2D eigenvalue weighted by Gasteiger charge is -2.47. The minimum absolute atomic E-state index is 0.00698.